The van der Waals surface area contributed by atoms with Gasteiger partial charge in [-0.2, -0.15) is 0 Å². The molecule has 0 fully saturated rings. The van der Waals surface area contributed by atoms with E-state index in [1.54, 1.807) is 0 Å². The average Bonchev–Trinajstić information content (AvgIpc) is 2.51. The van der Waals surface area contributed by atoms with E-state index in [1.807, 2.05) is 0 Å². The molecule has 0 aliphatic heterocycles. The van der Waals surface area contributed by atoms with E-state index < -0.39 is 0 Å². The Hall–Kier alpha value is -1.24. The molecule has 76 valence electrons. The number of hydrogen-bond acceptors (Lipinski definition) is 0. The van der Waals surface area contributed by atoms with E-state index in [0.717, 1.165) is 6.54 Å². The first-order valence-electron chi connectivity index (χ1n) is 5.08. The smallest absolute Gasteiger partial charge is 0.0406 e. The lowest BCUT2D eigenvalue weighted by Gasteiger charge is -2.04. The molecule has 1 aromatic rings. The largest absolute Gasteiger partial charge is 0.348 e. The standard InChI is InChI=1S/C13H19N/c1-11(2)12(3)7-5-9-14-10-6-8-13(14)4/h5-8,10-11H,3,9H2,1-2,4H3/b7-5+. The van der Waals surface area contributed by atoms with Gasteiger partial charge in [0, 0.05) is 18.4 Å². The van der Waals surface area contributed by atoms with E-state index in [-0.39, 0.29) is 0 Å². The Morgan fingerprint density at radius 2 is 2.29 bits per heavy atom. The van der Waals surface area contributed by atoms with E-state index in [4.69, 9.17) is 0 Å². The van der Waals surface area contributed by atoms with Crippen LogP contribution in [0.25, 0.3) is 0 Å². The first kappa shape index (κ1) is 10.8. The van der Waals surface area contributed by atoms with E-state index in [1.165, 1.54) is 11.3 Å². The second-order valence-corrected chi connectivity index (χ2v) is 3.93. The third-order valence-corrected chi connectivity index (χ3v) is 2.43. The summed E-state index contributed by atoms with van der Waals surface area (Å²) in [5.41, 5.74) is 2.49. The fourth-order valence-electron chi connectivity index (χ4n) is 1.21. The van der Waals surface area contributed by atoms with E-state index in [2.05, 4.69) is 62.4 Å². The Labute approximate surface area is 86.8 Å². The van der Waals surface area contributed by atoms with Crippen LogP contribution in [0.4, 0.5) is 0 Å². The van der Waals surface area contributed by atoms with Crippen molar-refractivity contribution in [2.24, 2.45) is 5.92 Å². The van der Waals surface area contributed by atoms with Crippen molar-refractivity contribution in [3.63, 3.8) is 0 Å². The van der Waals surface area contributed by atoms with Crippen LogP contribution >= 0.6 is 0 Å². The maximum atomic E-state index is 4.00. The van der Waals surface area contributed by atoms with Gasteiger partial charge in [0.2, 0.25) is 0 Å². The first-order chi connectivity index (χ1) is 6.61. The highest BCUT2D eigenvalue weighted by atomic mass is 14.9. The van der Waals surface area contributed by atoms with Gasteiger partial charge < -0.3 is 4.57 Å². The molecular formula is C13H19N. The number of aromatic nitrogens is 1. The Bertz CT molecular complexity index is 329. The molecule has 0 saturated heterocycles. The molecule has 0 saturated carbocycles. The topological polar surface area (TPSA) is 4.93 Å². The van der Waals surface area contributed by atoms with E-state index in [0.29, 0.717) is 5.92 Å². The predicted octanol–water partition coefficient (Wildman–Crippen LogP) is 3.56. The minimum Gasteiger partial charge on any atom is -0.348 e. The van der Waals surface area contributed by atoms with Gasteiger partial charge in [-0.05, 0) is 25.0 Å². The maximum absolute atomic E-state index is 4.00. The van der Waals surface area contributed by atoms with Gasteiger partial charge in [-0.15, -0.1) is 0 Å². The summed E-state index contributed by atoms with van der Waals surface area (Å²) in [5, 5.41) is 0. The molecule has 0 atom stereocenters. The third-order valence-electron chi connectivity index (χ3n) is 2.43. The Morgan fingerprint density at radius 3 is 2.79 bits per heavy atom. The fraction of sp³-hybridized carbons (Fsp3) is 0.385. The Balaban J connectivity index is 2.49. The summed E-state index contributed by atoms with van der Waals surface area (Å²) in [5.74, 6) is 0.539. The highest BCUT2D eigenvalue weighted by Crippen LogP contribution is 2.08. The van der Waals surface area contributed by atoms with Crippen molar-refractivity contribution in [2.75, 3.05) is 0 Å². The molecule has 0 unspecified atom stereocenters. The van der Waals surface area contributed by atoms with Crippen LogP contribution in [0.2, 0.25) is 0 Å². The predicted molar refractivity (Wildman–Crippen MR) is 62.3 cm³/mol. The summed E-state index contributed by atoms with van der Waals surface area (Å²) in [6.45, 7) is 11.4. The molecule has 0 N–H and O–H groups in total. The van der Waals surface area contributed by atoms with Gasteiger partial charge in [0.15, 0.2) is 0 Å². The van der Waals surface area contributed by atoms with Crippen molar-refractivity contribution in [3.05, 3.63) is 48.3 Å². The quantitative estimate of drug-likeness (QED) is 0.638. The zero-order chi connectivity index (χ0) is 10.6. The average molecular weight is 189 g/mol. The molecular weight excluding hydrogens is 170 g/mol. The van der Waals surface area contributed by atoms with Gasteiger partial charge in [0.1, 0.15) is 0 Å². The van der Waals surface area contributed by atoms with Gasteiger partial charge in [0.05, 0.1) is 0 Å². The molecule has 1 heterocycles. The fourth-order valence-corrected chi connectivity index (χ4v) is 1.21. The maximum Gasteiger partial charge on any atom is 0.0406 e. The molecule has 1 aromatic heterocycles. The normalized spacial score (nSPS) is 11.4. The van der Waals surface area contributed by atoms with E-state index in [9.17, 15) is 0 Å². The van der Waals surface area contributed by atoms with Crippen molar-refractivity contribution in [1.82, 2.24) is 4.57 Å². The summed E-state index contributed by atoms with van der Waals surface area (Å²) < 4.78 is 2.21. The summed E-state index contributed by atoms with van der Waals surface area (Å²) in [6, 6.07) is 4.19. The van der Waals surface area contributed by atoms with Crippen LogP contribution in [0.15, 0.2) is 42.6 Å². The zero-order valence-corrected chi connectivity index (χ0v) is 9.33. The van der Waals surface area contributed by atoms with Crippen LogP contribution in [0.5, 0.6) is 0 Å². The number of nitrogens with zero attached hydrogens (tertiary/aromatic N) is 1. The van der Waals surface area contributed by atoms with Crippen molar-refractivity contribution in [1.29, 1.82) is 0 Å². The van der Waals surface area contributed by atoms with Crippen LogP contribution in [-0.2, 0) is 6.54 Å². The molecule has 0 amide bonds. The van der Waals surface area contributed by atoms with Gasteiger partial charge in [-0.25, -0.2) is 0 Å². The van der Waals surface area contributed by atoms with Crippen molar-refractivity contribution in [2.45, 2.75) is 27.3 Å². The van der Waals surface area contributed by atoms with Crippen LogP contribution in [0, 0.1) is 12.8 Å². The molecule has 0 aromatic carbocycles. The highest BCUT2D eigenvalue weighted by Gasteiger charge is 1.94. The second-order valence-electron chi connectivity index (χ2n) is 3.93. The highest BCUT2D eigenvalue weighted by molar-refractivity contribution is 5.16. The van der Waals surface area contributed by atoms with Gasteiger partial charge in [-0.1, -0.05) is 38.2 Å². The molecule has 0 aliphatic carbocycles. The second kappa shape index (κ2) is 4.85. The summed E-state index contributed by atoms with van der Waals surface area (Å²) in [7, 11) is 0. The van der Waals surface area contributed by atoms with E-state index >= 15 is 0 Å². The summed E-state index contributed by atoms with van der Waals surface area (Å²) in [6.07, 6.45) is 6.37. The molecule has 0 spiro atoms. The molecule has 1 heteroatoms. The molecule has 0 radical (unpaired) electrons. The number of allylic oxidation sites excluding steroid dienone is 3. The van der Waals surface area contributed by atoms with Crippen molar-refractivity contribution in [3.8, 4) is 0 Å². The van der Waals surface area contributed by atoms with Crippen LogP contribution in [0.3, 0.4) is 0 Å². The lowest BCUT2D eigenvalue weighted by Crippen LogP contribution is -1.95. The minimum absolute atomic E-state index is 0.539. The lowest BCUT2D eigenvalue weighted by molar-refractivity contribution is 0.778. The summed E-state index contributed by atoms with van der Waals surface area (Å²) >= 11 is 0. The SMILES string of the molecule is C=C(/C=C/Cn1cccc1C)C(C)C. The minimum atomic E-state index is 0.539. The lowest BCUT2D eigenvalue weighted by atomic mass is 10.1. The third kappa shape index (κ3) is 2.91. The first-order valence-corrected chi connectivity index (χ1v) is 5.08. The molecule has 1 rings (SSSR count). The number of aryl methyl sites for hydroxylation is 1. The van der Waals surface area contributed by atoms with Gasteiger partial charge in [-0.3, -0.25) is 0 Å². The van der Waals surface area contributed by atoms with Crippen LogP contribution in [0.1, 0.15) is 19.5 Å². The van der Waals surface area contributed by atoms with Crippen LogP contribution in [-0.4, -0.2) is 4.57 Å². The van der Waals surface area contributed by atoms with Crippen molar-refractivity contribution < 1.29 is 0 Å². The monoisotopic (exact) mass is 189 g/mol. The van der Waals surface area contributed by atoms with Gasteiger partial charge in [0.25, 0.3) is 0 Å². The van der Waals surface area contributed by atoms with Crippen molar-refractivity contribution >= 4 is 0 Å². The number of rotatable bonds is 4. The number of hydrogen-bond donors (Lipinski definition) is 0. The molecule has 1 nitrogen and oxygen atoms in total. The molecule has 0 aliphatic rings. The molecule has 14 heavy (non-hydrogen) atoms. The Kier molecular flexibility index (Phi) is 3.75. The van der Waals surface area contributed by atoms with Crippen LogP contribution < -0.4 is 0 Å². The summed E-state index contributed by atoms with van der Waals surface area (Å²) in [4.78, 5) is 0. The van der Waals surface area contributed by atoms with Gasteiger partial charge >= 0.3 is 0 Å². The Morgan fingerprint density at radius 1 is 1.57 bits per heavy atom. The molecule has 0 bridgehead atoms. The zero-order valence-electron chi connectivity index (χ0n) is 9.33.